The zero-order valence-electron chi connectivity index (χ0n) is 26.7. The summed E-state index contributed by atoms with van der Waals surface area (Å²) >= 11 is 0. The molecule has 8 heteroatoms. The van der Waals surface area contributed by atoms with Gasteiger partial charge in [0.25, 0.3) is 0 Å². The second kappa shape index (κ2) is 11.9. The van der Waals surface area contributed by atoms with Gasteiger partial charge in [-0.05, 0) is 81.5 Å². The first-order valence-corrected chi connectivity index (χ1v) is 15.4. The van der Waals surface area contributed by atoms with Crippen LogP contribution in [0.5, 0.6) is 0 Å². The van der Waals surface area contributed by atoms with Gasteiger partial charge in [0.2, 0.25) is 5.56 Å². The number of nitrogens with zero attached hydrogens (tertiary/aromatic N) is 3. The van der Waals surface area contributed by atoms with Crippen LogP contribution in [0, 0.1) is 19.3 Å². The fourth-order valence-electron chi connectivity index (χ4n) is 6.46. The minimum atomic E-state index is -1.13. The van der Waals surface area contributed by atoms with Gasteiger partial charge in [0.15, 0.2) is 6.10 Å². The summed E-state index contributed by atoms with van der Waals surface area (Å²) < 4.78 is 6.24. The Morgan fingerprint density at radius 1 is 1.07 bits per heavy atom. The number of carbonyl (C=O) groups is 1. The average Bonchev–Trinajstić information content (AvgIpc) is 2.92. The standard InChI is InChI=1S/C35H46N4O4/c1-22-29(26-9-10-27-21-38(15-12-25(27)18-26)20-24-8-11-28(40)36-19-24)31(39-16-13-35(6,7)14-17-39)30(23(2)37-22)32(33(41)42)43-34(3,4)5/h8-11,18-19,32H,12-17,20-21H2,1-7H3,(H,36,40)(H,41,42). The number of carboxylic acid groups (broad SMARTS) is 1. The monoisotopic (exact) mass is 586 g/mol. The molecule has 0 aliphatic carbocycles. The average molecular weight is 587 g/mol. The van der Waals surface area contributed by atoms with Gasteiger partial charge in [-0.15, -0.1) is 0 Å². The van der Waals surface area contributed by atoms with E-state index < -0.39 is 17.7 Å². The number of benzene rings is 1. The van der Waals surface area contributed by atoms with Gasteiger partial charge in [-0.25, -0.2) is 4.79 Å². The van der Waals surface area contributed by atoms with Crippen LogP contribution in [0.15, 0.2) is 41.3 Å². The molecular formula is C35H46N4O4. The number of anilines is 1. The van der Waals surface area contributed by atoms with E-state index in [0.717, 1.165) is 80.1 Å². The first kappa shape index (κ1) is 31.0. The number of aromatic nitrogens is 2. The summed E-state index contributed by atoms with van der Waals surface area (Å²) in [6.07, 6.45) is 3.63. The summed E-state index contributed by atoms with van der Waals surface area (Å²) in [5.41, 5.74) is 8.49. The van der Waals surface area contributed by atoms with Crippen LogP contribution in [-0.2, 0) is 29.0 Å². The van der Waals surface area contributed by atoms with E-state index >= 15 is 0 Å². The highest BCUT2D eigenvalue weighted by atomic mass is 16.5. The van der Waals surface area contributed by atoms with Crippen molar-refractivity contribution in [2.75, 3.05) is 24.5 Å². The van der Waals surface area contributed by atoms with Gasteiger partial charge in [0.05, 0.1) is 11.3 Å². The van der Waals surface area contributed by atoms with Crippen LogP contribution in [0.3, 0.4) is 0 Å². The molecule has 1 aromatic carbocycles. The third-order valence-corrected chi connectivity index (χ3v) is 8.81. The Morgan fingerprint density at radius 3 is 2.42 bits per heavy atom. The van der Waals surface area contributed by atoms with E-state index in [9.17, 15) is 14.7 Å². The van der Waals surface area contributed by atoms with Gasteiger partial charge in [-0.1, -0.05) is 38.1 Å². The van der Waals surface area contributed by atoms with E-state index in [2.05, 4.69) is 46.8 Å². The lowest BCUT2D eigenvalue weighted by Crippen LogP contribution is -2.39. The summed E-state index contributed by atoms with van der Waals surface area (Å²) in [7, 11) is 0. The molecule has 0 spiro atoms. The van der Waals surface area contributed by atoms with Crippen LogP contribution in [0.4, 0.5) is 5.69 Å². The van der Waals surface area contributed by atoms with E-state index in [1.54, 1.807) is 12.3 Å². The Balaban J connectivity index is 1.57. The van der Waals surface area contributed by atoms with E-state index in [1.807, 2.05) is 40.7 Å². The van der Waals surface area contributed by atoms with Gasteiger partial charge in [0.1, 0.15) is 0 Å². The van der Waals surface area contributed by atoms with E-state index in [-0.39, 0.29) is 11.0 Å². The molecule has 230 valence electrons. The molecular weight excluding hydrogens is 540 g/mol. The molecule has 8 nitrogen and oxygen atoms in total. The van der Waals surface area contributed by atoms with E-state index in [0.29, 0.717) is 11.3 Å². The fourth-order valence-corrected chi connectivity index (χ4v) is 6.46. The summed E-state index contributed by atoms with van der Waals surface area (Å²) in [4.78, 5) is 36.7. The number of ether oxygens (including phenoxy) is 1. The van der Waals surface area contributed by atoms with Crippen molar-refractivity contribution in [2.45, 2.75) is 92.5 Å². The lowest BCUT2D eigenvalue weighted by Gasteiger charge is -2.41. The minimum Gasteiger partial charge on any atom is -0.479 e. The molecule has 1 unspecified atom stereocenters. The highest BCUT2D eigenvalue weighted by Crippen LogP contribution is 2.45. The van der Waals surface area contributed by atoms with E-state index in [4.69, 9.17) is 9.72 Å². The van der Waals surface area contributed by atoms with Crippen LogP contribution in [0.1, 0.15) is 87.2 Å². The number of hydrogen-bond acceptors (Lipinski definition) is 6. The largest absolute Gasteiger partial charge is 0.479 e. The molecule has 0 amide bonds. The highest BCUT2D eigenvalue weighted by Gasteiger charge is 2.36. The van der Waals surface area contributed by atoms with Gasteiger partial charge in [0, 0.05) is 67.5 Å². The normalized spacial score (nSPS) is 17.9. The maximum Gasteiger partial charge on any atom is 0.337 e. The van der Waals surface area contributed by atoms with Crippen molar-refractivity contribution in [1.29, 1.82) is 0 Å². The number of aryl methyl sites for hydroxylation is 2. The summed E-state index contributed by atoms with van der Waals surface area (Å²) in [5.74, 6) is -0.999. The molecule has 3 aromatic rings. The van der Waals surface area contributed by atoms with Crippen molar-refractivity contribution >= 4 is 11.7 Å². The molecule has 2 aliphatic rings. The molecule has 2 aliphatic heterocycles. The molecule has 0 saturated carbocycles. The Labute approximate surface area is 255 Å². The SMILES string of the molecule is Cc1nc(C)c(C(OC(C)(C)C)C(=O)O)c(N2CCC(C)(C)CC2)c1-c1ccc2c(c1)CCN(Cc1ccc(=O)[nH]c1)C2. The summed E-state index contributed by atoms with van der Waals surface area (Å²) in [6.45, 7) is 18.5. The summed E-state index contributed by atoms with van der Waals surface area (Å²) in [5, 5.41) is 10.5. The number of aromatic amines is 1. The lowest BCUT2D eigenvalue weighted by atomic mass is 9.81. The van der Waals surface area contributed by atoms with Crippen LogP contribution in [-0.4, -0.2) is 51.2 Å². The maximum atomic E-state index is 12.8. The Kier molecular flexibility index (Phi) is 8.56. The number of rotatable bonds is 7. The van der Waals surface area contributed by atoms with Crippen molar-refractivity contribution in [1.82, 2.24) is 14.9 Å². The number of aliphatic carboxylic acids is 1. The predicted molar refractivity (Wildman–Crippen MR) is 170 cm³/mol. The molecule has 1 fully saturated rings. The number of hydrogen-bond donors (Lipinski definition) is 2. The van der Waals surface area contributed by atoms with Gasteiger partial charge >= 0.3 is 5.97 Å². The molecule has 1 atom stereocenters. The quantitative estimate of drug-likeness (QED) is 0.341. The van der Waals surface area contributed by atoms with Crippen molar-refractivity contribution in [2.24, 2.45) is 5.41 Å². The van der Waals surface area contributed by atoms with Crippen molar-refractivity contribution in [3.8, 4) is 11.1 Å². The minimum absolute atomic E-state index is 0.0865. The van der Waals surface area contributed by atoms with Crippen molar-refractivity contribution < 1.29 is 14.6 Å². The predicted octanol–water partition coefficient (Wildman–Crippen LogP) is 6.18. The number of H-pyrrole nitrogens is 1. The van der Waals surface area contributed by atoms with Crippen LogP contribution in [0.2, 0.25) is 0 Å². The second-order valence-electron chi connectivity index (χ2n) is 14.0. The smallest absolute Gasteiger partial charge is 0.337 e. The van der Waals surface area contributed by atoms with Gasteiger partial charge < -0.3 is 19.7 Å². The molecule has 2 aromatic heterocycles. The number of fused-ring (bicyclic) bond motifs is 1. The Morgan fingerprint density at radius 2 is 1.79 bits per heavy atom. The van der Waals surface area contributed by atoms with Crippen LogP contribution < -0.4 is 10.5 Å². The zero-order chi connectivity index (χ0) is 31.1. The zero-order valence-corrected chi connectivity index (χ0v) is 26.7. The lowest BCUT2D eigenvalue weighted by molar-refractivity contribution is -0.160. The number of nitrogens with one attached hydrogen (secondary N) is 1. The van der Waals surface area contributed by atoms with E-state index in [1.165, 1.54) is 11.1 Å². The van der Waals surface area contributed by atoms with Gasteiger partial charge in [-0.3, -0.25) is 14.7 Å². The molecule has 0 bridgehead atoms. The second-order valence-corrected chi connectivity index (χ2v) is 14.0. The molecule has 5 rings (SSSR count). The molecule has 43 heavy (non-hydrogen) atoms. The van der Waals surface area contributed by atoms with Crippen molar-refractivity contribution in [3.63, 3.8) is 0 Å². The van der Waals surface area contributed by atoms with Crippen molar-refractivity contribution in [3.05, 3.63) is 80.5 Å². The third-order valence-electron chi connectivity index (χ3n) is 8.81. The first-order valence-electron chi connectivity index (χ1n) is 15.4. The summed E-state index contributed by atoms with van der Waals surface area (Å²) in [6, 6.07) is 10.1. The fraction of sp³-hybridized carbons (Fsp3) is 0.514. The number of carboxylic acids is 1. The highest BCUT2D eigenvalue weighted by molar-refractivity contribution is 5.88. The van der Waals surface area contributed by atoms with Crippen LogP contribution in [0.25, 0.3) is 11.1 Å². The topological polar surface area (TPSA) is 98.8 Å². The third kappa shape index (κ3) is 7.02. The number of pyridine rings is 2. The maximum absolute atomic E-state index is 12.8. The molecule has 4 heterocycles. The molecule has 2 N–H and O–H groups in total. The Bertz CT molecular complexity index is 1540. The molecule has 1 saturated heterocycles. The number of piperidine rings is 1. The molecule has 0 radical (unpaired) electrons. The van der Waals surface area contributed by atoms with Crippen LogP contribution >= 0.6 is 0 Å². The van der Waals surface area contributed by atoms with Gasteiger partial charge in [-0.2, -0.15) is 0 Å². The Hall–Kier alpha value is -3.49. The first-order chi connectivity index (χ1) is 20.2.